The summed E-state index contributed by atoms with van der Waals surface area (Å²) in [5, 5.41) is 0. The first-order valence-corrected chi connectivity index (χ1v) is 7.82. The Morgan fingerprint density at radius 3 is 2.95 bits per heavy atom. The number of hydrogen-bond donors (Lipinski definition) is 1. The summed E-state index contributed by atoms with van der Waals surface area (Å²) in [7, 11) is 0. The van der Waals surface area contributed by atoms with Crippen molar-refractivity contribution in [3.63, 3.8) is 0 Å². The second-order valence-electron chi connectivity index (χ2n) is 6.81. The van der Waals surface area contributed by atoms with Gasteiger partial charge in [-0.2, -0.15) is 0 Å². The van der Waals surface area contributed by atoms with Gasteiger partial charge in [0.05, 0.1) is 6.04 Å². The van der Waals surface area contributed by atoms with Crippen molar-refractivity contribution < 1.29 is 4.74 Å². The van der Waals surface area contributed by atoms with E-state index in [1.807, 2.05) is 0 Å². The van der Waals surface area contributed by atoms with Crippen molar-refractivity contribution in [3.8, 4) is 5.75 Å². The fourth-order valence-corrected chi connectivity index (χ4v) is 3.72. The van der Waals surface area contributed by atoms with Gasteiger partial charge in [0.25, 0.3) is 0 Å². The molecule has 3 heteroatoms. The molecular weight excluding hydrogens is 248 g/mol. The topological polar surface area (TPSA) is 38.5 Å². The van der Waals surface area contributed by atoms with Crippen LogP contribution in [0, 0.1) is 0 Å². The molecule has 2 N–H and O–H groups in total. The van der Waals surface area contributed by atoms with Crippen LogP contribution in [0.25, 0.3) is 0 Å². The number of likely N-dealkylation sites (tertiary alicyclic amines) is 1. The number of para-hydroxylation sites is 1. The Bertz CT molecular complexity index is 496. The number of fused-ring (bicyclic) bond motifs is 1. The first-order valence-electron chi connectivity index (χ1n) is 7.82. The summed E-state index contributed by atoms with van der Waals surface area (Å²) in [6.45, 7) is 8.78. The summed E-state index contributed by atoms with van der Waals surface area (Å²) in [5.74, 6) is 1.10. The summed E-state index contributed by atoms with van der Waals surface area (Å²) >= 11 is 0. The van der Waals surface area contributed by atoms with Crippen molar-refractivity contribution in [1.29, 1.82) is 0 Å². The summed E-state index contributed by atoms with van der Waals surface area (Å²) in [6.07, 6.45) is 3.24. The Morgan fingerprint density at radius 2 is 2.20 bits per heavy atom. The molecule has 0 spiro atoms. The Hall–Kier alpha value is -1.06. The van der Waals surface area contributed by atoms with Gasteiger partial charge < -0.3 is 10.5 Å². The number of hydrogen-bond acceptors (Lipinski definition) is 3. The highest BCUT2D eigenvalue weighted by atomic mass is 16.5. The van der Waals surface area contributed by atoms with Gasteiger partial charge in [-0.15, -0.1) is 0 Å². The van der Waals surface area contributed by atoms with E-state index in [1.165, 1.54) is 17.5 Å². The van der Waals surface area contributed by atoms with E-state index in [0.717, 1.165) is 31.7 Å². The lowest BCUT2D eigenvalue weighted by atomic mass is 9.95. The van der Waals surface area contributed by atoms with Crippen molar-refractivity contribution in [2.24, 2.45) is 5.73 Å². The molecule has 0 aromatic heterocycles. The summed E-state index contributed by atoms with van der Waals surface area (Å²) in [4.78, 5) is 2.52. The van der Waals surface area contributed by atoms with E-state index >= 15 is 0 Å². The summed E-state index contributed by atoms with van der Waals surface area (Å²) < 4.78 is 6.23. The summed E-state index contributed by atoms with van der Waals surface area (Å²) in [5.41, 5.74) is 8.94. The van der Waals surface area contributed by atoms with Gasteiger partial charge in [-0.3, -0.25) is 4.90 Å². The third-order valence-corrected chi connectivity index (χ3v) is 4.50. The third kappa shape index (κ3) is 2.33. The van der Waals surface area contributed by atoms with E-state index in [0.29, 0.717) is 6.04 Å². The number of benzene rings is 1. The van der Waals surface area contributed by atoms with Gasteiger partial charge >= 0.3 is 0 Å². The molecule has 20 heavy (non-hydrogen) atoms. The molecule has 1 aromatic rings. The molecule has 0 radical (unpaired) electrons. The van der Waals surface area contributed by atoms with Gasteiger partial charge in [-0.05, 0) is 38.8 Å². The molecule has 3 nitrogen and oxygen atoms in total. The number of ether oxygens (including phenoxy) is 1. The number of rotatable bonds is 3. The van der Waals surface area contributed by atoms with Crippen LogP contribution in [-0.2, 0) is 6.42 Å². The zero-order valence-electron chi connectivity index (χ0n) is 12.9. The second-order valence-corrected chi connectivity index (χ2v) is 6.81. The Balaban J connectivity index is 1.97. The lowest BCUT2D eigenvalue weighted by Gasteiger charge is -2.28. The van der Waals surface area contributed by atoms with Gasteiger partial charge in [-0.1, -0.05) is 25.1 Å². The van der Waals surface area contributed by atoms with E-state index in [2.05, 4.69) is 43.9 Å². The first kappa shape index (κ1) is 13.9. The van der Waals surface area contributed by atoms with E-state index in [-0.39, 0.29) is 11.6 Å². The second kappa shape index (κ2) is 5.05. The van der Waals surface area contributed by atoms with Crippen molar-refractivity contribution in [2.75, 3.05) is 13.1 Å². The largest absolute Gasteiger partial charge is 0.487 e. The molecule has 1 saturated heterocycles. The first-order chi connectivity index (χ1) is 9.52. The highest BCUT2D eigenvalue weighted by Crippen LogP contribution is 2.43. The lowest BCUT2D eigenvalue weighted by Crippen LogP contribution is -2.33. The minimum Gasteiger partial charge on any atom is -0.487 e. The van der Waals surface area contributed by atoms with Crippen molar-refractivity contribution in [1.82, 2.24) is 4.90 Å². The highest BCUT2D eigenvalue weighted by molar-refractivity contribution is 5.48. The maximum absolute atomic E-state index is 6.40. The molecule has 0 aliphatic carbocycles. The Morgan fingerprint density at radius 1 is 1.40 bits per heavy atom. The normalized spacial score (nSPS) is 28.4. The molecule has 110 valence electrons. The molecule has 0 saturated carbocycles. The predicted molar refractivity (Wildman–Crippen MR) is 82.1 cm³/mol. The van der Waals surface area contributed by atoms with Crippen LogP contribution >= 0.6 is 0 Å². The van der Waals surface area contributed by atoms with E-state index < -0.39 is 0 Å². The molecule has 0 amide bonds. The average Bonchev–Trinajstić information content (AvgIpc) is 2.88. The predicted octanol–water partition coefficient (Wildman–Crippen LogP) is 2.88. The van der Waals surface area contributed by atoms with Crippen LogP contribution in [0.4, 0.5) is 0 Å². The molecular formula is C17H26N2O. The maximum Gasteiger partial charge on any atom is 0.128 e. The van der Waals surface area contributed by atoms with Crippen LogP contribution in [0.1, 0.15) is 50.8 Å². The molecule has 1 aromatic carbocycles. The Labute approximate surface area is 122 Å². The Kier molecular flexibility index (Phi) is 3.51. The zero-order chi connectivity index (χ0) is 14.3. The zero-order valence-corrected chi connectivity index (χ0v) is 12.9. The standard InChI is InChI=1S/C17H26N2O/c1-4-9-19-10-8-14(18)15(19)13-7-5-6-12-11-17(2,3)20-16(12)13/h5-7,14-15H,4,8-11,18H2,1-3H3. The van der Waals surface area contributed by atoms with Crippen LogP contribution in [0.15, 0.2) is 18.2 Å². The monoisotopic (exact) mass is 274 g/mol. The van der Waals surface area contributed by atoms with Crippen LogP contribution < -0.4 is 10.5 Å². The van der Waals surface area contributed by atoms with Gasteiger partial charge in [0, 0.05) is 24.6 Å². The van der Waals surface area contributed by atoms with Crippen LogP contribution in [0.5, 0.6) is 5.75 Å². The van der Waals surface area contributed by atoms with Crippen molar-refractivity contribution >= 4 is 0 Å². The molecule has 0 bridgehead atoms. The molecule has 2 heterocycles. The maximum atomic E-state index is 6.40. The highest BCUT2D eigenvalue weighted by Gasteiger charge is 2.38. The van der Waals surface area contributed by atoms with Crippen LogP contribution in [0.3, 0.4) is 0 Å². The van der Waals surface area contributed by atoms with Crippen molar-refractivity contribution in [2.45, 2.75) is 57.7 Å². The molecule has 2 atom stereocenters. The average molecular weight is 274 g/mol. The van der Waals surface area contributed by atoms with E-state index in [9.17, 15) is 0 Å². The van der Waals surface area contributed by atoms with Gasteiger partial charge in [0.2, 0.25) is 0 Å². The minimum absolute atomic E-state index is 0.0866. The van der Waals surface area contributed by atoms with E-state index in [4.69, 9.17) is 10.5 Å². The number of nitrogens with two attached hydrogens (primary N) is 1. The smallest absolute Gasteiger partial charge is 0.128 e. The van der Waals surface area contributed by atoms with E-state index in [1.54, 1.807) is 0 Å². The fraction of sp³-hybridized carbons (Fsp3) is 0.647. The summed E-state index contributed by atoms with van der Waals surface area (Å²) in [6, 6.07) is 7.10. The van der Waals surface area contributed by atoms with Gasteiger partial charge in [-0.25, -0.2) is 0 Å². The molecule has 2 aliphatic rings. The quantitative estimate of drug-likeness (QED) is 0.921. The van der Waals surface area contributed by atoms with Gasteiger partial charge in [0.1, 0.15) is 11.4 Å². The third-order valence-electron chi connectivity index (χ3n) is 4.50. The fourth-order valence-electron chi connectivity index (χ4n) is 3.72. The molecule has 1 fully saturated rings. The molecule has 3 rings (SSSR count). The van der Waals surface area contributed by atoms with Gasteiger partial charge in [0.15, 0.2) is 0 Å². The van der Waals surface area contributed by atoms with Crippen molar-refractivity contribution in [3.05, 3.63) is 29.3 Å². The lowest BCUT2D eigenvalue weighted by molar-refractivity contribution is 0.133. The molecule has 2 unspecified atom stereocenters. The van der Waals surface area contributed by atoms with Crippen LogP contribution in [-0.4, -0.2) is 29.6 Å². The minimum atomic E-state index is -0.0866. The SMILES string of the molecule is CCCN1CCC(N)C1c1cccc2c1OC(C)(C)C2. The molecule has 2 aliphatic heterocycles. The van der Waals surface area contributed by atoms with Crippen LogP contribution in [0.2, 0.25) is 0 Å². The number of nitrogens with zero attached hydrogens (tertiary/aromatic N) is 1.